The second-order valence-corrected chi connectivity index (χ2v) is 4.66. The van der Waals surface area contributed by atoms with Crippen molar-refractivity contribution in [2.75, 3.05) is 13.1 Å². The second kappa shape index (κ2) is 3.97. The molecule has 1 aliphatic carbocycles. The molecule has 2 fully saturated rings. The van der Waals surface area contributed by atoms with Gasteiger partial charge in [0.2, 0.25) is 0 Å². The molecule has 1 N–H and O–H groups in total. The lowest BCUT2D eigenvalue weighted by Gasteiger charge is -2.42. The molecule has 0 bridgehead atoms. The molecule has 0 aromatic rings. The minimum Gasteiger partial charge on any atom is -0.311 e. The van der Waals surface area contributed by atoms with Crippen molar-refractivity contribution >= 4 is 0 Å². The Morgan fingerprint density at radius 3 is 2.54 bits per heavy atom. The first-order chi connectivity index (χ1) is 6.29. The molecule has 1 heterocycles. The summed E-state index contributed by atoms with van der Waals surface area (Å²) in [7, 11) is 0. The summed E-state index contributed by atoms with van der Waals surface area (Å²) in [6.45, 7) is 7.12. The van der Waals surface area contributed by atoms with E-state index in [1.807, 2.05) is 0 Å². The van der Waals surface area contributed by atoms with E-state index in [0.29, 0.717) is 6.04 Å². The van der Waals surface area contributed by atoms with E-state index in [-0.39, 0.29) is 0 Å². The van der Waals surface area contributed by atoms with Gasteiger partial charge < -0.3 is 5.32 Å². The highest BCUT2D eigenvalue weighted by Gasteiger charge is 2.31. The molecule has 1 aliphatic heterocycles. The number of hydrogen-bond acceptors (Lipinski definition) is 2. The first-order valence-electron chi connectivity index (χ1n) is 5.78. The van der Waals surface area contributed by atoms with Gasteiger partial charge in [0.15, 0.2) is 0 Å². The summed E-state index contributed by atoms with van der Waals surface area (Å²) in [5.41, 5.74) is 0. The van der Waals surface area contributed by atoms with E-state index in [1.165, 1.54) is 38.8 Å². The van der Waals surface area contributed by atoms with Crippen molar-refractivity contribution in [3.8, 4) is 0 Å². The monoisotopic (exact) mass is 182 g/mol. The largest absolute Gasteiger partial charge is 0.311 e. The van der Waals surface area contributed by atoms with E-state index in [0.717, 1.165) is 12.1 Å². The Morgan fingerprint density at radius 2 is 1.85 bits per heavy atom. The normalized spacial score (nSPS) is 38.3. The quantitative estimate of drug-likeness (QED) is 0.663. The number of nitrogens with zero attached hydrogens (tertiary/aromatic N) is 1. The maximum Gasteiger partial charge on any atom is 0.0221 e. The van der Waals surface area contributed by atoms with Gasteiger partial charge in [-0.1, -0.05) is 12.8 Å². The molecule has 2 heteroatoms. The molecule has 76 valence electrons. The van der Waals surface area contributed by atoms with Crippen LogP contribution in [-0.2, 0) is 0 Å². The molecule has 2 unspecified atom stereocenters. The lowest BCUT2D eigenvalue weighted by molar-refractivity contribution is 0.0912. The third-order valence-electron chi connectivity index (χ3n) is 3.88. The Kier molecular flexibility index (Phi) is 2.89. The van der Waals surface area contributed by atoms with Crippen molar-refractivity contribution in [1.82, 2.24) is 10.2 Å². The zero-order valence-corrected chi connectivity index (χ0v) is 8.92. The van der Waals surface area contributed by atoms with Crippen LogP contribution in [0.4, 0.5) is 0 Å². The Balaban J connectivity index is 1.95. The standard InChI is InChI=1S/C11H22N2/c1-9-10(2)13(8-7-12-9)11-5-3-4-6-11/h9-12H,3-8H2,1-2H3. The molecule has 0 spiro atoms. The third-order valence-corrected chi connectivity index (χ3v) is 3.88. The molecule has 0 radical (unpaired) electrons. The van der Waals surface area contributed by atoms with Gasteiger partial charge in [0.05, 0.1) is 0 Å². The van der Waals surface area contributed by atoms with Crippen LogP contribution < -0.4 is 5.32 Å². The third kappa shape index (κ3) is 1.89. The molecule has 13 heavy (non-hydrogen) atoms. The summed E-state index contributed by atoms with van der Waals surface area (Å²) in [5, 5.41) is 3.54. The van der Waals surface area contributed by atoms with Crippen molar-refractivity contribution in [3.63, 3.8) is 0 Å². The summed E-state index contributed by atoms with van der Waals surface area (Å²) >= 11 is 0. The number of hydrogen-bond donors (Lipinski definition) is 1. The maximum atomic E-state index is 3.54. The minimum absolute atomic E-state index is 0.675. The van der Waals surface area contributed by atoms with Gasteiger partial charge in [-0.25, -0.2) is 0 Å². The summed E-state index contributed by atoms with van der Waals surface area (Å²) in [4.78, 5) is 2.73. The molecule has 0 aromatic heterocycles. The molecule has 2 atom stereocenters. The van der Waals surface area contributed by atoms with E-state index in [1.54, 1.807) is 0 Å². The van der Waals surface area contributed by atoms with Crippen LogP contribution in [0.3, 0.4) is 0 Å². The van der Waals surface area contributed by atoms with Gasteiger partial charge in [-0.15, -0.1) is 0 Å². The zero-order valence-electron chi connectivity index (χ0n) is 8.92. The van der Waals surface area contributed by atoms with E-state index >= 15 is 0 Å². The van der Waals surface area contributed by atoms with E-state index in [9.17, 15) is 0 Å². The minimum atomic E-state index is 0.675. The Bertz CT molecular complexity index is 161. The summed E-state index contributed by atoms with van der Waals surface area (Å²) in [5.74, 6) is 0. The summed E-state index contributed by atoms with van der Waals surface area (Å²) in [6.07, 6.45) is 5.79. The molecule has 1 saturated carbocycles. The van der Waals surface area contributed by atoms with E-state index in [4.69, 9.17) is 0 Å². The lowest BCUT2D eigenvalue weighted by Crippen LogP contribution is -2.57. The van der Waals surface area contributed by atoms with Crippen molar-refractivity contribution < 1.29 is 0 Å². The van der Waals surface area contributed by atoms with Crippen LogP contribution in [-0.4, -0.2) is 36.1 Å². The molecule has 2 aliphatic rings. The lowest BCUT2D eigenvalue weighted by atomic mass is 10.0. The average molecular weight is 182 g/mol. The van der Waals surface area contributed by atoms with Crippen LogP contribution in [0.5, 0.6) is 0 Å². The molecule has 1 saturated heterocycles. The number of piperazine rings is 1. The Hall–Kier alpha value is -0.0800. The topological polar surface area (TPSA) is 15.3 Å². The summed E-state index contributed by atoms with van der Waals surface area (Å²) < 4.78 is 0. The van der Waals surface area contributed by atoms with E-state index < -0.39 is 0 Å². The van der Waals surface area contributed by atoms with Crippen LogP contribution >= 0.6 is 0 Å². The van der Waals surface area contributed by atoms with Gasteiger partial charge in [0.25, 0.3) is 0 Å². The van der Waals surface area contributed by atoms with Crippen LogP contribution in [0.15, 0.2) is 0 Å². The van der Waals surface area contributed by atoms with Crippen molar-refractivity contribution in [2.45, 2.75) is 57.7 Å². The molecular formula is C11H22N2. The van der Waals surface area contributed by atoms with Gasteiger partial charge in [-0.3, -0.25) is 4.90 Å². The van der Waals surface area contributed by atoms with Gasteiger partial charge in [-0.05, 0) is 26.7 Å². The first-order valence-corrected chi connectivity index (χ1v) is 5.78. The molecule has 2 nitrogen and oxygen atoms in total. The Morgan fingerprint density at radius 1 is 1.15 bits per heavy atom. The smallest absolute Gasteiger partial charge is 0.0221 e. The van der Waals surface area contributed by atoms with Crippen LogP contribution in [0.25, 0.3) is 0 Å². The van der Waals surface area contributed by atoms with Gasteiger partial charge >= 0.3 is 0 Å². The summed E-state index contributed by atoms with van der Waals surface area (Å²) in [6, 6.07) is 2.31. The van der Waals surface area contributed by atoms with Crippen LogP contribution in [0.2, 0.25) is 0 Å². The molecule has 0 aromatic carbocycles. The van der Waals surface area contributed by atoms with Crippen molar-refractivity contribution in [2.24, 2.45) is 0 Å². The van der Waals surface area contributed by atoms with E-state index in [2.05, 4.69) is 24.1 Å². The number of rotatable bonds is 1. The fourth-order valence-corrected chi connectivity index (χ4v) is 2.83. The SMILES string of the molecule is CC1NCCN(C2CCCC2)C1C. The predicted octanol–water partition coefficient (Wildman–Crippen LogP) is 1.61. The van der Waals surface area contributed by atoms with Crippen molar-refractivity contribution in [1.29, 1.82) is 0 Å². The highest BCUT2D eigenvalue weighted by atomic mass is 15.2. The molecular weight excluding hydrogens is 160 g/mol. The van der Waals surface area contributed by atoms with Crippen molar-refractivity contribution in [3.05, 3.63) is 0 Å². The Labute approximate surface area is 81.7 Å². The fraction of sp³-hybridized carbons (Fsp3) is 1.00. The highest BCUT2D eigenvalue weighted by molar-refractivity contribution is 4.89. The van der Waals surface area contributed by atoms with Gasteiger partial charge in [-0.2, -0.15) is 0 Å². The van der Waals surface area contributed by atoms with Crippen LogP contribution in [0, 0.1) is 0 Å². The van der Waals surface area contributed by atoms with Gasteiger partial charge in [0, 0.05) is 31.2 Å². The maximum absolute atomic E-state index is 3.54. The fourth-order valence-electron chi connectivity index (χ4n) is 2.83. The highest BCUT2D eigenvalue weighted by Crippen LogP contribution is 2.26. The van der Waals surface area contributed by atoms with Gasteiger partial charge in [0.1, 0.15) is 0 Å². The second-order valence-electron chi connectivity index (χ2n) is 4.66. The van der Waals surface area contributed by atoms with Crippen LogP contribution in [0.1, 0.15) is 39.5 Å². The number of nitrogens with one attached hydrogen (secondary N) is 1. The molecule has 0 amide bonds. The molecule has 2 rings (SSSR count). The average Bonchev–Trinajstić information content (AvgIpc) is 2.62. The first kappa shape index (κ1) is 9.47. The predicted molar refractivity (Wildman–Crippen MR) is 55.9 cm³/mol. The zero-order chi connectivity index (χ0) is 9.26.